The minimum atomic E-state index is 0.676. The van der Waals surface area contributed by atoms with Crippen LogP contribution in [0.2, 0.25) is 0 Å². The molecule has 0 radical (unpaired) electrons. The Morgan fingerprint density at radius 2 is 1.89 bits per heavy atom. The third kappa shape index (κ3) is 3.74. The summed E-state index contributed by atoms with van der Waals surface area (Å²) in [6.07, 6.45) is 4.01. The summed E-state index contributed by atoms with van der Waals surface area (Å²) in [6, 6.07) is 9.00. The van der Waals surface area contributed by atoms with E-state index in [4.69, 9.17) is 4.74 Å². The van der Waals surface area contributed by atoms with Gasteiger partial charge in [0.2, 0.25) is 0 Å². The summed E-state index contributed by atoms with van der Waals surface area (Å²) in [5.41, 5.74) is 1.31. The fourth-order valence-electron chi connectivity index (χ4n) is 3.16. The molecule has 2 heteroatoms. The van der Waals surface area contributed by atoms with Crippen molar-refractivity contribution in [3.05, 3.63) is 29.8 Å². The second-order valence-corrected chi connectivity index (χ2v) is 5.85. The summed E-state index contributed by atoms with van der Waals surface area (Å²) in [5, 5.41) is 3.69. The van der Waals surface area contributed by atoms with E-state index in [1.807, 2.05) is 6.07 Å². The minimum absolute atomic E-state index is 0.676. The van der Waals surface area contributed by atoms with E-state index in [9.17, 15) is 0 Å². The first-order valence-electron chi connectivity index (χ1n) is 7.03. The van der Waals surface area contributed by atoms with Crippen LogP contribution >= 0.6 is 0 Å². The molecule has 0 aromatic heterocycles. The fraction of sp³-hybridized carbons (Fsp3) is 0.625. The zero-order valence-electron chi connectivity index (χ0n) is 11.8. The smallest absolute Gasteiger partial charge is 0.119 e. The molecule has 2 unspecified atom stereocenters. The van der Waals surface area contributed by atoms with E-state index >= 15 is 0 Å². The molecule has 0 bridgehead atoms. The molecule has 1 aliphatic carbocycles. The topological polar surface area (TPSA) is 21.3 Å². The van der Waals surface area contributed by atoms with Crippen molar-refractivity contribution in [1.82, 2.24) is 5.32 Å². The highest BCUT2D eigenvalue weighted by atomic mass is 16.5. The van der Waals surface area contributed by atoms with Crippen molar-refractivity contribution in [1.29, 1.82) is 0 Å². The molecule has 0 amide bonds. The van der Waals surface area contributed by atoms with E-state index in [1.165, 1.54) is 24.8 Å². The Kier molecular flexibility index (Phi) is 4.65. The van der Waals surface area contributed by atoms with Crippen LogP contribution in [0.25, 0.3) is 0 Å². The summed E-state index contributed by atoms with van der Waals surface area (Å²) in [5.74, 6) is 2.66. The molecular weight excluding hydrogens is 222 g/mol. The summed E-state index contributed by atoms with van der Waals surface area (Å²) < 4.78 is 5.25. The van der Waals surface area contributed by atoms with Crippen molar-refractivity contribution in [3.8, 4) is 5.75 Å². The van der Waals surface area contributed by atoms with Gasteiger partial charge in [0.15, 0.2) is 0 Å². The van der Waals surface area contributed by atoms with Gasteiger partial charge in [-0.05, 0) is 48.8 Å². The number of ether oxygens (including phenoxy) is 1. The largest absolute Gasteiger partial charge is 0.497 e. The van der Waals surface area contributed by atoms with Gasteiger partial charge in [-0.15, -0.1) is 0 Å². The van der Waals surface area contributed by atoms with Crippen LogP contribution in [-0.4, -0.2) is 13.2 Å². The molecule has 100 valence electrons. The molecular formula is C16H25NO. The normalized spacial score (nSPS) is 28.1. The summed E-state index contributed by atoms with van der Waals surface area (Å²) in [6.45, 7) is 5.69. The first kappa shape index (κ1) is 13.4. The fourth-order valence-corrected chi connectivity index (χ4v) is 3.16. The first-order valence-corrected chi connectivity index (χ1v) is 7.03. The summed E-state index contributed by atoms with van der Waals surface area (Å²) >= 11 is 0. The van der Waals surface area contributed by atoms with Crippen molar-refractivity contribution in [2.45, 2.75) is 45.7 Å². The van der Waals surface area contributed by atoms with Crippen LogP contribution in [0.5, 0.6) is 5.75 Å². The van der Waals surface area contributed by atoms with Crippen LogP contribution in [0, 0.1) is 11.8 Å². The van der Waals surface area contributed by atoms with Crippen LogP contribution < -0.4 is 10.1 Å². The molecule has 2 atom stereocenters. The Hall–Kier alpha value is -1.02. The molecule has 1 saturated carbocycles. The predicted molar refractivity (Wildman–Crippen MR) is 75.8 cm³/mol. The van der Waals surface area contributed by atoms with Crippen LogP contribution in [0.1, 0.15) is 38.7 Å². The minimum Gasteiger partial charge on any atom is -0.497 e. The maximum absolute atomic E-state index is 5.25. The number of hydrogen-bond donors (Lipinski definition) is 1. The number of hydrogen-bond acceptors (Lipinski definition) is 2. The number of nitrogens with one attached hydrogen (secondary N) is 1. The van der Waals surface area contributed by atoms with Gasteiger partial charge in [0, 0.05) is 12.6 Å². The number of benzene rings is 1. The number of methoxy groups -OCH3 is 1. The Bertz CT molecular complexity index is 367. The van der Waals surface area contributed by atoms with Gasteiger partial charge in [0.25, 0.3) is 0 Å². The Morgan fingerprint density at radius 1 is 1.17 bits per heavy atom. The monoisotopic (exact) mass is 247 g/mol. The van der Waals surface area contributed by atoms with Crippen LogP contribution in [0.4, 0.5) is 0 Å². The molecule has 0 spiro atoms. The van der Waals surface area contributed by atoms with Crippen molar-refractivity contribution in [2.75, 3.05) is 7.11 Å². The van der Waals surface area contributed by atoms with E-state index in [0.29, 0.717) is 6.04 Å². The third-order valence-electron chi connectivity index (χ3n) is 3.91. The first-order chi connectivity index (χ1) is 8.67. The van der Waals surface area contributed by atoms with E-state index < -0.39 is 0 Å². The van der Waals surface area contributed by atoms with E-state index in [1.54, 1.807) is 7.11 Å². The molecule has 1 aromatic carbocycles. The molecule has 2 nitrogen and oxygen atoms in total. The molecule has 18 heavy (non-hydrogen) atoms. The highest BCUT2D eigenvalue weighted by Gasteiger charge is 2.23. The average molecular weight is 247 g/mol. The second kappa shape index (κ2) is 6.24. The molecule has 1 aliphatic rings. The van der Waals surface area contributed by atoms with Gasteiger partial charge in [0.05, 0.1) is 7.11 Å². The molecule has 1 fully saturated rings. The lowest BCUT2D eigenvalue weighted by Crippen LogP contribution is -2.35. The molecule has 1 aromatic rings. The summed E-state index contributed by atoms with van der Waals surface area (Å²) in [7, 11) is 1.72. The van der Waals surface area contributed by atoms with Gasteiger partial charge in [-0.2, -0.15) is 0 Å². The maximum Gasteiger partial charge on any atom is 0.119 e. The Morgan fingerprint density at radius 3 is 2.56 bits per heavy atom. The average Bonchev–Trinajstić information content (AvgIpc) is 2.35. The lowest BCUT2D eigenvalue weighted by molar-refractivity contribution is 0.238. The zero-order chi connectivity index (χ0) is 13.0. The van der Waals surface area contributed by atoms with Gasteiger partial charge in [-0.3, -0.25) is 0 Å². The van der Waals surface area contributed by atoms with Crippen molar-refractivity contribution < 1.29 is 4.74 Å². The summed E-state index contributed by atoms with van der Waals surface area (Å²) in [4.78, 5) is 0. The highest BCUT2D eigenvalue weighted by molar-refractivity contribution is 5.28. The van der Waals surface area contributed by atoms with Crippen molar-refractivity contribution >= 4 is 0 Å². The van der Waals surface area contributed by atoms with Gasteiger partial charge in [0.1, 0.15) is 5.75 Å². The van der Waals surface area contributed by atoms with Gasteiger partial charge in [-0.1, -0.05) is 26.0 Å². The van der Waals surface area contributed by atoms with Crippen LogP contribution in [0.3, 0.4) is 0 Å². The second-order valence-electron chi connectivity index (χ2n) is 5.85. The molecule has 2 rings (SSSR count). The van der Waals surface area contributed by atoms with Crippen molar-refractivity contribution in [3.63, 3.8) is 0 Å². The van der Waals surface area contributed by atoms with Gasteiger partial charge >= 0.3 is 0 Å². The highest BCUT2D eigenvalue weighted by Crippen LogP contribution is 2.28. The Balaban J connectivity index is 1.86. The Labute approximate surface area is 111 Å². The van der Waals surface area contributed by atoms with E-state index in [2.05, 4.69) is 37.4 Å². The maximum atomic E-state index is 5.25. The SMILES string of the molecule is COc1cccc(CNC2CC(C)CC(C)C2)c1. The number of rotatable bonds is 4. The quantitative estimate of drug-likeness (QED) is 0.877. The standard InChI is InChI=1S/C16H25NO/c1-12-7-13(2)9-15(8-12)17-11-14-5-4-6-16(10-14)18-3/h4-6,10,12-13,15,17H,7-9,11H2,1-3H3. The zero-order valence-corrected chi connectivity index (χ0v) is 11.8. The van der Waals surface area contributed by atoms with Gasteiger partial charge < -0.3 is 10.1 Å². The molecule has 0 aliphatic heterocycles. The molecule has 1 N–H and O–H groups in total. The lowest BCUT2D eigenvalue weighted by atomic mass is 9.80. The predicted octanol–water partition coefficient (Wildman–Crippen LogP) is 3.61. The van der Waals surface area contributed by atoms with E-state index in [-0.39, 0.29) is 0 Å². The van der Waals surface area contributed by atoms with Crippen LogP contribution in [-0.2, 0) is 6.54 Å². The molecule has 0 heterocycles. The molecule has 0 saturated heterocycles. The van der Waals surface area contributed by atoms with Crippen LogP contribution in [0.15, 0.2) is 24.3 Å². The van der Waals surface area contributed by atoms with Crippen molar-refractivity contribution in [2.24, 2.45) is 11.8 Å². The lowest BCUT2D eigenvalue weighted by Gasteiger charge is -2.32. The van der Waals surface area contributed by atoms with Gasteiger partial charge in [-0.25, -0.2) is 0 Å². The third-order valence-corrected chi connectivity index (χ3v) is 3.91. The van der Waals surface area contributed by atoms with E-state index in [0.717, 1.165) is 24.1 Å².